The molecule has 0 unspecified atom stereocenters. The number of aliphatic hydroxyl groups is 2. The zero-order valence-electron chi connectivity index (χ0n) is 11.0. The van der Waals surface area contributed by atoms with Gasteiger partial charge in [-0.1, -0.05) is 25.1 Å². The van der Waals surface area contributed by atoms with Gasteiger partial charge in [-0.2, -0.15) is 0 Å². The Morgan fingerprint density at radius 3 is 2.56 bits per heavy atom. The van der Waals surface area contributed by atoms with E-state index in [1.807, 2.05) is 35.2 Å². The maximum Gasteiger partial charge on any atom is 0.119 e. The molecule has 0 fully saturated rings. The average Bonchev–Trinajstić information content (AvgIpc) is 2.38. The van der Waals surface area contributed by atoms with Crippen LogP contribution >= 0.6 is 0 Å². The topological polar surface area (TPSA) is 52.9 Å². The Kier molecular flexibility index (Phi) is 7.41. The summed E-state index contributed by atoms with van der Waals surface area (Å²) in [4.78, 5) is 2.04. The molecule has 0 aliphatic heterocycles. The third-order valence-corrected chi connectivity index (χ3v) is 2.61. The molecule has 0 aliphatic carbocycles. The van der Waals surface area contributed by atoms with Crippen LogP contribution in [0.4, 0.5) is 0 Å². The van der Waals surface area contributed by atoms with Crippen molar-refractivity contribution in [1.29, 1.82) is 0 Å². The number of para-hydroxylation sites is 1. The first kappa shape index (κ1) is 15.0. The van der Waals surface area contributed by atoms with E-state index in [0.29, 0.717) is 13.1 Å². The number of aliphatic hydroxyl groups excluding tert-OH is 2. The lowest BCUT2D eigenvalue weighted by Crippen LogP contribution is -2.37. The van der Waals surface area contributed by atoms with Crippen molar-refractivity contribution < 1.29 is 14.9 Å². The Bertz CT molecular complexity index is 299. The molecule has 0 aliphatic rings. The van der Waals surface area contributed by atoms with Gasteiger partial charge in [0.25, 0.3) is 0 Å². The predicted octanol–water partition coefficient (Wildman–Crippen LogP) is 1.13. The lowest BCUT2D eigenvalue weighted by Gasteiger charge is -2.23. The second kappa shape index (κ2) is 8.91. The van der Waals surface area contributed by atoms with Crippen LogP contribution in [-0.2, 0) is 0 Å². The van der Waals surface area contributed by atoms with Crippen molar-refractivity contribution >= 4 is 0 Å². The van der Waals surface area contributed by atoms with Crippen molar-refractivity contribution in [2.24, 2.45) is 0 Å². The van der Waals surface area contributed by atoms with Crippen molar-refractivity contribution in [3.63, 3.8) is 0 Å². The van der Waals surface area contributed by atoms with Crippen molar-refractivity contribution in [2.45, 2.75) is 19.4 Å². The van der Waals surface area contributed by atoms with E-state index in [9.17, 15) is 5.11 Å². The highest BCUT2D eigenvalue weighted by Gasteiger charge is 2.11. The third kappa shape index (κ3) is 6.00. The Morgan fingerprint density at radius 1 is 1.22 bits per heavy atom. The molecule has 0 saturated carbocycles. The summed E-state index contributed by atoms with van der Waals surface area (Å²) < 4.78 is 5.49. The minimum Gasteiger partial charge on any atom is -0.491 e. The quantitative estimate of drug-likeness (QED) is 0.693. The van der Waals surface area contributed by atoms with Crippen molar-refractivity contribution in [1.82, 2.24) is 4.90 Å². The summed E-state index contributed by atoms with van der Waals surface area (Å²) in [5.74, 6) is 0.765. The van der Waals surface area contributed by atoms with Gasteiger partial charge in [-0.25, -0.2) is 0 Å². The highest BCUT2D eigenvalue weighted by Crippen LogP contribution is 2.08. The molecule has 102 valence electrons. The van der Waals surface area contributed by atoms with Crippen LogP contribution in [0.1, 0.15) is 13.3 Å². The highest BCUT2D eigenvalue weighted by atomic mass is 16.5. The van der Waals surface area contributed by atoms with Crippen LogP contribution in [0.3, 0.4) is 0 Å². The van der Waals surface area contributed by atoms with Gasteiger partial charge >= 0.3 is 0 Å². The molecule has 0 saturated heterocycles. The average molecular weight is 253 g/mol. The van der Waals surface area contributed by atoms with E-state index < -0.39 is 6.10 Å². The predicted molar refractivity (Wildman–Crippen MR) is 71.8 cm³/mol. The molecule has 4 nitrogen and oxygen atoms in total. The van der Waals surface area contributed by atoms with Gasteiger partial charge in [-0.3, -0.25) is 4.90 Å². The van der Waals surface area contributed by atoms with Crippen LogP contribution in [0.25, 0.3) is 0 Å². The standard InChI is InChI=1S/C14H23NO3/c1-2-8-15(9-10-16)11-13(17)12-18-14-6-4-3-5-7-14/h3-7,13,16-17H,2,8-12H2,1H3/t13-/m0/s1. The minimum atomic E-state index is -0.539. The molecular weight excluding hydrogens is 230 g/mol. The Morgan fingerprint density at radius 2 is 1.94 bits per heavy atom. The molecule has 0 heterocycles. The van der Waals surface area contributed by atoms with Crippen LogP contribution in [0, 0.1) is 0 Å². The lowest BCUT2D eigenvalue weighted by atomic mass is 10.3. The maximum absolute atomic E-state index is 9.89. The molecule has 1 rings (SSSR count). The summed E-state index contributed by atoms with van der Waals surface area (Å²) in [6, 6.07) is 9.45. The molecular formula is C14H23NO3. The Labute approximate surface area is 109 Å². The minimum absolute atomic E-state index is 0.117. The fourth-order valence-corrected chi connectivity index (χ4v) is 1.81. The zero-order chi connectivity index (χ0) is 13.2. The van der Waals surface area contributed by atoms with Crippen LogP contribution < -0.4 is 4.74 Å². The van der Waals surface area contributed by atoms with Gasteiger partial charge in [0.05, 0.1) is 6.61 Å². The molecule has 1 atom stereocenters. The van der Waals surface area contributed by atoms with E-state index in [-0.39, 0.29) is 13.2 Å². The van der Waals surface area contributed by atoms with Crippen LogP contribution in [0.15, 0.2) is 30.3 Å². The molecule has 1 aromatic carbocycles. The molecule has 18 heavy (non-hydrogen) atoms. The summed E-state index contributed by atoms with van der Waals surface area (Å²) in [5.41, 5.74) is 0. The summed E-state index contributed by atoms with van der Waals surface area (Å²) in [6.45, 7) is 4.47. The van der Waals surface area contributed by atoms with Crippen LogP contribution in [0.5, 0.6) is 5.75 Å². The van der Waals surface area contributed by atoms with Crippen molar-refractivity contribution in [3.05, 3.63) is 30.3 Å². The van der Waals surface area contributed by atoms with Gasteiger partial charge in [-0.15, -0.1) is 0 Å². The zero-order valence-corrected chi connectivity index (χ0v) is 11.0. The van der Waals surface area contributed by atoms with E-state index in [4.69, 9.17) is 9.84 Å². The first-order valence-corrected chi connectivity index (χ1v) is 6.45. The van der Waals surface area contributed by atoms with E-state index >= 15 is 0 Å². The van der Waals surface area contributed by atoms with Crippen molar-refractivity contribution in [3.8, 4) is 5.75 Å². The monoisotopic (exact) mass is 253 g/mol. The summed E-state index contributed by atoms with van der Waals surface area (Å²) in [6.07, 6.45) is 0.468. The second-order valence-electron chi connectivity index (χ2n) is 4.30. The van der Waals surface area contributed by atoms with E-state index in [1.54, 1.807) is 0 Å². The Hall–Kier alpha value is -1.10. The fraction of sp³-hybridized carbons (Fsp3) is 0.571. The SMILES string of the molecule is CCCN(CCO)C[C@H](O)COc1ccccc1. The summed E-state index contributed by atoms with van der Waals surface area (Å²) in [7, 11) is 0. The number of benzene rings is 1. The third-order valence-electron chi connectivity index (χ3n) is 2.61. The van der Waals surface area contributed by atoms with Gasteiger partial charge < -0.3 is 14.9 Å². The lowest BCUT2D eigenvalue weighted by molar-refractivity contribution is 0.0619. The van der Waals surface area contributed by atoms with E-state index in [1.165, 1.54) is 0 Å². The summed E-state index contributed by atoms with van der Waals surface area (Å²) in [5, 5.41) is 18.8. The Balaban J connectivity index is 2.29. The second-order valence-corrected chi connectivity index (χ2v) is 4.30. The molecule has 4 heteroatoms. The highest BCUT2D eigenvalue weighted by molar-refractivity contribution is 5.20. The van der Waals surface area contributed by atoms with Crippen LogP contribution in [-0.4, -0.2) is 54.1 Å². The van der Waals surface area contributed by atoms with Crippen molar-refractivity contribution in [2.75, 3.05) is 32.8 Å². The van der Waals surface area contributed by atoms with Gasteiger partial charge in [0.2, 0.25) is 0 Å². The first-order chi connectivity index (χ1) is 8.76. The van der Waals surface area contributed by atoms with Gasteiger partial charge in [0.1, 0.15) is 18.5 Å². The molecule has 0 bridgehead atoms. The van der Waals surface area contributed by atoms with E-state index in [2.05, 4.69) is 6.92 Å². The van der Waals surface area contributed by atoms with Crippen LogP contribution in [0.2, 0.25) is 0 Å². The smallest absolute Gasteiger partial charge is 0.119 e. The number of hydrogen-bond donors (Lipinski definition) is 2. The molecule has 0 spiro atoms. The maximum atomic E-state index is 9.89. The first-order valence-electron chi connectivity index (χ1n) is 6.45. The number of ether oxygens (including phenoxy) is 1. The molecule has 1 aromatic rings. The normalized spacial score (nSPS) is 12.7. The fourth-order valence-electron chi connectivity index (χ4n) is 1.81. The molecule has 0 amide bonds. The van der Waals surface area contributed by atoms with Gasteiger partial charge in [0.15, 0.2) is 0 Å². The number of hydrogen-bond acceptors (Lipinski definition) is 4. The number of nitrogens with zero attached hydrogens (tertiary/aromatic N) is 1. The molecule has 0 aromatic heterocycles. The van der Waals surface area contributed by atoms with Gasteiger partial charge in [-0.05, 0) is 25.1 Å². The largest absolute Gasteiger partial charge is 0.491 e. The van der Waals surface area contributed by atoms with E-state index in [0.717, 1.165) is 18.7 Å². The molecule has 0 radical (unpaired) electrons. The molecule has 2 N–H and O–H groups in total. The van der Waals surface area contributed by atoms with Gasteiger partial charge in [0, 0.05) is 13.1 Å². The summed E-state index contributed by atoms with van der Waals surface area (Å²) >= 11 is 0. The number of rotatable bonds is 9.